The van der Waals surface area contributed by atoms with Gasteiger partial charge in [-0.3, -0.25) is 9.59 Å². The Balaban J connectivity index is 1.75. The van der Waals surface area contributed by atoms with Crippen LogP contribution in [-0.4, -0.2) is 42.6 Å². The van der Waals surface area contributed by atoms with Crippen LogP contribution in [0.25, 0.3) is 0 Å². The maximum atomic E-state index is 12.5. The Kier molecular flexibility index (Phi) is 5.56. The molecule has 0 fully saturated rings. The number of hydrogen-bond donors (Lipinski definition) is 2. The first-order valence-corrected chi connectivity index (χ1v) is 8.48. The van der Waals surface area contributed by atoms with Crippen LogP contribution >= 0.6 is 0 Å². The second-order valence-corrected chi connectivity index (χ2v) is 6.21. The van der Waals surface area contributed by atoms with Gasteiger partial charge >= 0.3 is 5.97 Å². The van der Waals surface area contributed by atoms with Crippen molar-refractivity contribution in [2.24, 2.45) is 0 Å². The van der Waals surface area contributed by atoms with E-state index in [1.165, 1.54) is 13.4 Å². The summed E-state index contributed by atoms with van der Waals surface area (Å²) >= 11 is 0. The minimum absolute atomic E-state index is 0.00384. The zero-order valence-corrected chi connectivity index (χ0v) is 14.8. The number of benzene rings is 1. The number of fused-ring (bicyclic) bond motifs is 1. The van der Waals surface area contributed by atoms with Crippen molar-refractivity contribution >= 4 is 23.5 Å². The predicted octanol–water partition coefficient (Wildman–Crippen LogP) is 1.59. The number of hydrogen-bond acceptors (Lipinski definition) is 5. The van der Waals surface area contributed by atoms with Gasteiger partial charge in [0.1, 0.15) is 6.04 Å². The van der Waals surface area contributed by atoms with E-state index in [1.807, 2.05) is 24.3 Å². The van der Waals surface area contributed by atoms with E-state index in [0.717, 1.165) is 11.3 Å². The van der Waals surface area contributed by atoms with Gasteiger partial charge in [-0.25, -0.2) is 4.79 Å². The molecule has 2 N–H and O–H groups in total. The van der Waals surface area contributed by atoms with E-state index in [0.29, 0.717) is 12.0 Å². The third kappa shape index (κ3) is 4.01. The number of carboxylic acids is 1. The summed E-state index contributed by atoms with van der Waals surface area (Å²) in [5.41, 5.74) is 2.24. The maximum absolute atomic E-state index is 12.5. The van der Waals surface area contributed by atoms with Crippen LogP contribution in [0.2, 0.25) is 0 Å². The van der Waals surface area contributed by atoms with Crippen LogP contribution in [0.3, 0.4) is 0 Å². The Bertz CT molecular complexity index is 859. The van der Waals surface area contributed by atoms with Crippen molar-refractivity contribution in [1.29, 1.82) is 0 Å². The molecular weight excluding hydrogens is 352 g/mol. The molecule has 8 nitrogen and oxygen atoms in total. The maximum Gasteiger partial charge on any atom is 0.326 e. The number of ether oxygens (including phenoxy) is 1. The van der Waals surface area contributed by atoms with E-state index in [4.69, 9.17) is 9.15 Å². The number of methoxy groups -OCH3 is 1. The smallest absolute Gasteiger partial charge is 0.326 e. The molecule has 2 aromatic rings. The molecule has 2 heterocycles. The lowest BCUT2D eigenvalue weighted by atomic mass is 10.1. The number of nitrogens with zero attached hydrogens (tertiary/aromatic N) is 1. The Morgan fingerprint density at radius 2 is 2.11 bits per heavy atom. The van der Waals surface area contributed by atoms with Crippen molar-refractivity contribution < 1.29 is 28.6 Å². The number of amides is 2. The Hall–Kier alpha value is -3.13. The minimum Gasteiger partial charge on any atom is -0.480 e. The average Bonchev–Trinajstić information content (AvgIpc) is 3.23. The van der Waals surface area contributed by atoms with Crippen molar-refractivity contribution in [1.82, 2.24) is 5.32 Å². The fourth-order valence-corrected chi connectivity index (χ4v) is 3.04. The number of para-hydroxylation sites is 1. The van der Waals surface area contributed by atoms with Crippen LogP contribution in [0.5, 0.6) is 0 Å². The molecule has 3 rings (SSSR count). The topological polar surface area (TPSA) is 109 Å². The quantitative estimate of drug-likeness (QED) is 0.728. The first-order chi connectivity index (χ1) is 13.0. The number of carboxylic acid groups (broad SMARTS) is 1. The van der Waals surface area contributed by atoms with Gasteiger partial charge in [-0.1, -0.05) is 18.2 Å². The highest BCUT2D eigenvalue weighted by Crippen LogP contribution is 2.30. The van der Waals surface area contributed by atoms with E-state index in [2.05, 4.69) is 5.32 Å². The first-order valence-electron chi connectivity index (χ1n) is 8.48. The fraction of sp³-hybridized carbons (Fsp3) is 0.316. The minimum atomic E-state index is -1.16. The number of anilines is 1. The van der Waals surface area contributed by atoms with Crippen LogP contribution in [-0.2, 0) is 27.3 Å². The van der Waals surface area contributed by atoms with E-state index in [9.17, 15) is 19.5 Å². The summed E-state index contributed by atoms with van der Waals surface area (Å²) in [7, 11) is 1.45. The number of carbonyl (C=O) groups is 3. The molecule has 1 atom stereocenters. The lowest BCUT2D eigenvalue weighted by molar-refractivity contribution is -0.139. The van der Waals surface area contributed by atoms with Gasteiger partial charge in [0.05, 0.1) is 19.2 Å². The first kappa shape index (κ1) is 18.7. The van der Waals surface area contributed by atoms with Crippen molar-refractivity contribution in [3.05, 3.63) is 53.5 Å². The number of aliphatic carboxylic acids is 1. The number of rotatable bonds is 8. The molecule has 1 aromatic carbocycles. The molecule has 0 spiro atoms. The molecule has 0 aliphatic carbocycles. The van der Waals surface area contributed by atoms with Crippen LogP contribution in [0.1, 0.15) is 28.1 Å². The van der Waals surface area contributed by atoms with Crippen LogP contribution in [0.4, 0.5) is 5.69 Å². The second-order valence-electron chi connectivity index (χ2n) is 6.21. The zero-order valence-electron chi connectivity index (χ0n) is 14.8. The summed E-state index contributed by atoms with van der Waals surface area (Å²) in [5, 5.41) is 11.7. The van der Waals surface area contributed by atoms with Crippen LogP contribution in [0, 0.1) is 0 Å². The van der Waals surface area contributed by atoms with E-state index < -0.39 is 17.9 Å². The van der Waals surface area contributed by atoms with E-state index in [1.54, 1.807) is 11.0 Å². The Morgan fingerprint density at radius 3 is 2.85 bits per heavy atom. The standard InChI is InChI=1S/C19H20N2O6/c1-26-8-7-14(19(24)25)20-18(23)17-13(6-9-27-17)11-21-15-5-3-2-4-12(15)10-16(21)22/h2-6,9,14H,7-8,10-11H2,1H3,(H,20,23)(H,24,25). The monoisotopic (exact) mass is 372 g/mol. The third-order valence-electron chi connectivity index (χ3n) is 4.42. The molecule has 1 aliphatic heterocycles. The molecular formula is C19H20N2O6. The lowest BCUT2D eigenvalue weighted by Gasteiger charge is -2.18. The number of nitrogens with one attached hydrogen (secondary N) is 1. The van der Waals surface area contributed by atoms with Crippen LogP contribution in [0.15, 0.2) is 41.0 Å². The van der Waals surface area contributed by atoms with Gasteiger partial charge in [0.2, 0.25) is 5.91 Å². The number of furan rings is 1. The summed E-state index contributed by atoms with van der Waals surface area (Å²) in [6.45, 7) is 0.367. The molecule has 0 saturated heterocycles. The molecule has 1 aromatic heterocycles. The highest BCUT2D eigenvalue weighted by Gasteiger charge is 2.29. The summed E-state index contributed by atoms with van der Waals surface area (Å²) < 4.78 is 10.1. The SMILES string of the molecule is COCCC(NC(=O)c1occc1CN1C(=O)Cc2ccccc21)C(=O)O. The normalized spacial score (nSPS) is 14.1. The largest absolute Gasteiger partial charge is 0.480 e. The average molecular weight is 372 g/mol. The molecule has 0 radical (unpaired) electrons. The van der Waals surface area contributed by atoms with E-state index >= 15 is 0 Å². The molecule has 1 aliphatic rings. The van der Waals surface area contributed by atoms with Crippen molar-refractivity contribution in [3.63, 3.8) is 0 Å². The molecule has 142 valence electrons. The van der Waals surface area contributed by atoms with Gasteiger partial charge in [-0.2, -0.15) is 0 Å². The summed E-state index contributed by atoms with van der Waals surface area (Å²) in [5.74, 6) is -1.86. The number of carbonyl (C=O) groups excluding carboxylic acids is 2. The predicted molar refractivity (Wildman–Crippen MR) is 95.4 cm³/mol. The van der Waals surface area contributed by atoms with Crippen LogP contribution < -0.4 is 10.2 Å². The van der Waals surface area contributed by atoms with Gasteiger partial charge < -0.3 is 24.5 Å². The third-order valence-corrected chi connectivity index (χ3v) is 4.42. The fourth-order valence-electron chi connectivity index (χ4n) is 3.04. The highest BCUT2D eigenvalue weighted by molar-refractivity contribution is 6.02. The second kappa shape index (κ2) is 8.05. The van der Waals surface area contributed by atoms with Crippen molar-refractivity contribution in [2.45, 2.75) is 25.4 Å². The summed E-state index contributed by atoms with van der Waals surface area (Å²) in [6.07, 6.45) is 1.79. The molecule has 8 heteroatoms. The van der Waals surface area contributed by atoms with Crippen molar-refractivity contribution in [2.75, 3.05) is 18.6 Å². The van der Waals surface area contributed by atoms with Gasteiger partial charge in [0.25, 0.3) is 5.91 Å². The summed E-state index contributed by atoms with van der Waals surface area (Å²) in [4.78, 5) is 37.7. The Labute approximate surface area is 155 Å². The molecule has 0 saturated carbocycles. The summed E-state index contributed by atoms with van der Waals surface area (Å²) in [6, 6.07) is 7.98. The molecule has 0 bridgehead atoms. The van der Waals surface area contributed by atoms with Crippen molar-refractivity contribution in [3.8, 4) is 0 Å². The Morgan fingerprint density at radius 1 is 1.33 bits per heavy atom. The van der Waals surface area contributed by atoms with E-state index in [-0.39, 0.29) is 31.2 Å². The van der Waals surface area contributed by atoms with Gasteiger partial charge in [0, 0.05) is 31.4 Å². The molecule has 27 heavy (non-hydrogen) atoms. The highest BCUT2D eigenvalue weighted by atomic mass is 16.5. The van der Waals surface area contributed by atoms with Gasteiger partial charge in [-0.15, -0.1) is 0 Å². The van der Waals surface area contributed by atoms with Gasteiger partial charge in [-0.05, 0) is 17.7 Å². The lowest BCUT2D eigenvalue weighted by Crippen LogP contribution is -2.41. The molecule has 2 amide bonds. The zero-order chi connectivity index (χ0) is 19.4. The van der Waals surface area contributed by atoms with Gasteiger partial charge in [0.15, 0.2) is 5.76 Å². The molecule has 1 unspecified atom stereocenters.